The minimum absolute atomic E-state index is 0.354. The zero-order chi connectivity index (χ0) is 14.0. The molecular formula is C10H15NO5S2. The van der Waals surface area contributed by atoms with Crippen LogP contribution in [-0.4, -0.2) is 33.9 Å². The lowest BCUT2D eigenvalue weighted by molar-refractivity contribution is 0.358. The van der Waals surface area contributed by atoms with Crippen molar-refractivity contribution >= 4 is 19.9 Å². The van der Waals surface area contributed by atoms with Crippen LogP contribution in [0.5, 0.6) is 0 Å². The molecule has 0 bridgehead atoms. The zero-order valence-corrected chi connectivity index (χ0v) is 11.6. The molecule has 102 valence electrons. The van der Waals surface area contributed by atoms with Gasteiger partial charge in [-0.05, 0) is 26.0 Å². The molecule has 0 radical (unpaired) electrons. The fourth-order valence-electron chi connectivity index (χ4n) is 1.37. The number of sulfone groups is 1. The number of hydrogen-bond donors (Lipinski definition) is 2. The Labute approximate surface area is 107 Å². The first kappa shape index (κ1) is 15.1. The fourth-order valence-corrected chi connectivity index (χ4v) is 4.22. The molecule has 1 aromatic carbocycles. The average molecular weight is 293 g/mol. The number of rotatable bonds is 5. The van der Waals surface area contributed by atoms with Crippen LogP contribution in [-0.2, 0) is 19.9 Å². The summed E-state index contributed by atoms with van der Waals surface area (Å²) >= 11 is 0. The molecule has 0 aliphatic heterocycles. The fraction of sp³-hybridized carbons (Fsp3) is 0.400. The van der Waals surface area contributed by atoms with E-state index in [0.717, 1.165) is 6.07 Å². The van der Waals surface area contributed by atoms with E-state index >= 15 is 0 Å². The number of hydrogen-bond acceptors (Lipinski definition) is 5. The molecule has 0 unspecified atom stereocenters. The van der Waals surface area contributed by atoms with Gasteiger partial charge in [0.1, 0.15) is 10.8 Å². The molecule has 0 spiro atoms. The minimum Gasteiger partial charge on any atom is -0.380 e. The lowest BCUT2D eigenvalue weighted by atomic mass is 10.4. The molecule has 0 saturated heterocycles. The second-order valence-corrected chi connectivity index (χ2v) is 7.58. The lowest BCUT2D eigenvalue weighted by Gasteiger charge is -2.12. The maximum absolute atomic E-state index is 12.0. The Morgan fingerprint density at radius 2 is 1.61 bits per heavy atom. The van der Waals surface area contributed by atoms with Crippen molar-refractivity contribution in [1.29, 1.82) is 0 Å². The van der Waals surface area contributed by atoms with Gasteiger partial charge in [0.2, 0.25) is 19.9 Å². The monoisotopic (exact) mass is 293 g/mol. The van der Waals surface area contributed by atoms with Crippen molar-refractivity contribution in [2.24, 2.45) is 0 Å². The van der Waals surface area contributed by atoms with Crippen molar-refractivity contribution in [2.75, 3.05) is 5.94 Å². The second-order valence-electron chi connectivity index (χ2n) is 3.97. The molecular weight excluding hydrogens is 278 g/mol. The van der Waals surface area contributed by atoms with Gasteiger partial charge >= 0.3 is 0 Å². The van der Waals surface area contributed by atoms with Gasteiger partial charge in [-0.25, -0.2) is 21.6 Å². The summed E-state index contributed by atoms with van der Waals surface area (Å²) in [6, 6.07) is 4.80. The Balaban J connectivity index is 3.45. The first-order chi connectivity index (χ1) is 8.20. The number of nitrogens with one attached hydrogen (secondary N) is 1. The van der Waals surface area contributed by atoms with Crippen LogP contribution >= 0.6 is 0 Å². The van der Waals surface area contributed by atoms with Gasteiger partial charge in [-0.3, -0.25) is 0 Å². The van der Waals surface area contributed by atoms with E-state index < -0.39 is 30.7 Å². The van der Waals surface area contributed by atoms with E-state index in [1.807, 2.05) is 0 Å². The van der Waals surface area contributed by atoms with Crippen LogP contribution in [0.2, 0.25) is 0 Å². The Kier molecular flexibility index (Phi) is 4.49. The summed E-state index contributed by atoms with van der Waals surface area (Å²) in [5, 5.41) is 8.82. The summed E-state index contributed by atoms with van der Waals surface area (Å²) in [7, 11) is -7.94. The molecule has 0 amide bonds. The van der Waals surface area contributed by atoms with Crippen LogP contribution in [0.15, 0.2) is 34.1 Å². The maximum atomic E-state index is 12.0. The topological polar surface area (TPSA) is 101 Å². The highest BCUT2D eigenvalue weighted by Gasteiger charge is 2.25. The SMILES string of the molecule is CC(C)NS(=O)(=O)c1ccccc1S(=O)(=O)CO. The highest BCUT2D eigenvalue weighted by molar-refractivity contribution is 7.93. The molecule has 8 heteroatoms. The average Bonchev–Trinajstić information content (AvgIpc) is 2.27. The Morgan fingerprint density at radius 1 is 1.11 bits per heavy atom. The van der Waals surface area contributed by atoms with Crippen LogP contribution in [0, 0.1) is 0 Å². The van der Waals surface area contributed by atoms with Gasteiger partial charge in [0.05, 0.1) is 4.90 Å². The van der Waals surface area contributed by atoms with Gasteiger partial charge in [-0.1, -0.05) is 12.1 Å². The van der Waals surface area contributed by atoms with Crippen LogP contribution < -0.4 is 4.72 Å². The van der Waals surface area contributed by atoms with Gasteiger partial charge in [-0.2, -0.15) is 0 Å². The first-order valence-corrected chi connectivity index (χ1v) is 8.29. The Bertz CT molecular complexity index is 619. The number of benzene rings is 1. The number of aliphatic hydroxyl groups is 1. The van der Waals surface area contributed by atoms with E-state index in [1.165, 1.54) is 18.2 Å². The van der Waals surface area contributed by atoms with Crippen LogP contribution in [0.4, 0.5) is 0 Å². The van der Waals surface area contributed by atoms with E-state index in [9.17, 15) is 16.8 Å². The normalized spacial score (nSPS) is 12.9. The van der Waals surface area contributed by atoms with Crippen LogP contribution in [0.3, 0.4) is 0 Å². The molecule has 0 aliphatic rings. The highest BCUT2D eigenvalue weighted by Crippen LogP contribution is 2.21. The van der Waals surface area contributed by atoms with E-state index in [4.69, 9.17) is 5.11 Å². The van der Waals surface area contributed by atoms with E-state index in [1.54, 1.807) is 13.8 Å². The largest absolute Gasteiger partial charge is 0.380 e. The quantitative estimate of drug-likeness (QED) is 0.801. The molecule has 1 rings (SSSR count). The van der Waals surface area contributed by atoms with E-state index in [0.29, 0.717) is 0 Å². The summed E-state index contributed by atoms with van der Waals surface area (Å²) in [6.45, 7) is 3.25. The zero-order valence-electron chi connectivity index (χ0n) is 9.99. The van der Waals surface area contributed by atoms with Gasteiger partial charge in [0.15, 0.2) is 0 Å². The summed E-state index contributed by atoms with van der Waals surface area (Å²) < 4.78 is 49.5. The molecule has 2 N–H and O–H groups in total. The second kappa shape index (κ2) is 5.35. The molecule has 0 heterocycles. The van der Waals surface area contributed by atoms with Crippen molar-refractivity contribution in [1.82, 2.24) is 4.72 Å². The van der Waals surface area contributed by atoms with Crippen molar-refractivity contribution < 1.29 is 21.9 Å². The van der Waals surface area contributed by atoms with Crippen molar-refractivity contribution in [3.05, 3.63) is 24.3 Å². The summed E-state index contributed by atoms with van der Waals surface area (Å²) in [4.78, 5) is -0.756. The van der Waals surface area contributed by atoms with E-state index in [2.05, 4.69) is 4.72 Å². The molecule has 1 aromatic rings. The molecule has 6 nitrogen and oxygen atoms in total. The molecule has 0 aliphatic carbocycles. The van der Waals surface area contributed by atoms with Gasteiger partial charge in [-0.15, -0.1) is 0 Å². The Hall–Kier alpha value is -0.960. The third-order valence-electron chi connectivity index (χ3n) is 2.03. The van der Waals surface area contributed by atoms with Crippen LogP contribution in [0.25, 0.3) is 0 Å². The minimum atomic E-state index is -4.01. The van der Waals surface area contributed by atoms with Crippen molar-refractivity contribution in [3.8, 4) is 0 Å². The van der Waals surface area contributed by atoms with Gasteiger partial charge in [0, 0.05) is 6.04 Å². The highest BCUT2D eigenvalue weighted by atomic mass is 32.2. The standard InChI is InChI=1S/C10H15NO5S2/c1-8(2)11-18(15,16)10-6-4-3-5-9(10)17(13,14)7-12/h3-6,8,11-12H,7H2,1-2H3. The third kappa shape index (κ3) is 3.29. The molecule has 0 fully saturated rings. The number of sulfonamides is 1. The van der Waals surface area contributed by atoms with Crippen molar-refractivity contribution in [2.45, 2.75) is 29.7 Å². The summed E-state index contributed by atoms with van der Waals surface area (Å²) in [5.74, 6) is -1.14. The van der Waals surface area contributed by atoms with Gasteiger partial charge in [0.25, 0.3) is 0 Å². The predicted octanol–water partition coefficient (Wildman–Crippen LogP) is 0.0968. The predicted molar refractivity (Wildman–Crippen MR) is 66.2 cm³/mol. The smallest absolute Gasteiger partial charge is 0.242 e. The van der Waals surface area contributed by atoms with Crippen molar-refractivity contribution in [3.63, 3.8) is 0 Å². The molecule has 18 heavy (non-hydrogen) atoms. The van der Waals surface area contributed by atoms with E-state index in [-0.39, 0.29) is 10.9 Å². The van der Waals surface area contributed by atoms with Crippen LogP contribution in [0.1, 0.15) is 13.8 Å². The van der Waals surface area contributed by atoms with Gasteiger partial charge < -0.3 is 5.11 Å². The maximum Gasteiger partial charge on any atom is 0.242 e. The molecule has 0 saturated carbocycles. The Morgan fingerprint density at radius 3 is 2.06 bits per heavy atom. The summed E-state index contributed by atoms with van der Waals surface area (Å²) in [6.07, 6.45) is 0. The number of aliphatic hydroxyl groups excluding tert-OH is 1. The lowest BCUT2D eigenvalue weighted by Crippen LogP contribution is -2.31. The molecule has 0 aromatic heterocycles. The third-order valence-corrected chi connectivity index (χ3v) is 5.25. The first-order valence-electron chi connectivity index (χ1n) is 5.15. The molecule has 0 atom stereocenters. The summed E-state index contributed by atoms with van der Waals surface area (Å²) in [5.41, 5.74) is 0.